The summed E-state index contributed by atoms with van der Waals surface area (Å²) in [4.78, 5) is 54.9. The van der Waals surface area contributed by atoms with E-state index in [-0.39, 0.29) is 24.7 Å². The van der Waals surface area contributed by atoms with Gasteiger partial charge < -0.3 is 29.9 Å². The molecule has 0 radical (unpaired) electrons. The number of rotatable bonds is 11. The maximum atomic E-state index is 12.5. The molecule has 0 spiro atoms. The van der Waals surface area contributed by atoms with Gasteiger partial charge in [-0.15, -0.1) is 5.06 Å². The summed E-state index contributed by atoms with van der Waals surface area (Å²) in [7, 11) is 0. The molecule has 0 aliphatic heterocycles. The number of amides is 3. The molecule has 1 aliphatic carbocycles. The minimum absolute atomic E-state index is 0.0329. The van der Waals surface area contributed by atoms with E-state index in [1.165, 1.54) is 4.90 Å². The highest BCUT2D eigenvalue weighted by Gasteiger charge is 2.28. The SMILES string of the molecule is CCN(CC)C(=O)ON(CCC(=O)NCCNC1CC[C@@H](CC(C)=O)C1)C(=O)OC(C)(C)C. The van der Waals surface area contributed by atoms with Crippen molar-refractivity contribution in [2.75, 3.05) is 32.7 Å². The zero-order chi connectivity index (χ0) is 25.0. The third-order valence-electron chi connectivity index (χ3n) is 5.35. The highest BCUT2D eigenvalue weighted by atomic mass is 16.8. The lowest BCUT2D eigenvalue weighted by Gasteiger charge is -2.28. The van der Waals surface area contributed by atoms with Gasteiger partial charge in [0.25, 0.3) is 0 Å². The van der Waals surface area contributed by atoms with Gasteiger partial charge in [0, 0.05) is 45.1 Å². The number of nitrogens with zero attached hydrogens (tertiary/aromatic N) is 2. The molecule has 1 unspecified atom stereocenters. The van der Waals surface area contributed by atoms with Gasteiger partial charge in [-0.05, 0) is 66.7 Å². The van der Waals surface area contributed by atoms with Crippen molar-refractivity contribution in [3.8, 4) is 0 Å². The van der Waals surface area contributed by atoms with Crippen LogP contribution in [0.25, 0.3) is 0 Å². The molecule has 10 nitrogen and oxygen atoms in total. The summed E-state index contributed by atoms with van der Waals surface area (Å²) in [5.74, 6) is 0.425. The number of hydroxylamine groups is 2. The monoisotopic (exact) mass is 470 g/mol. The van der Waals surface area contributed by atoms with Crippen LogP contribution < -0.4 is 10.6 Å². The van der Waals surface area contributed by atoms with Gasteiger partial charge in [0.1, 0.15) is 11.4 Å². The Morgan fingerprint density at radius 2 is 1.67 bits per heavy atom. The van der Waals surface area contributed by atoms with Gasteiger partial charge in [-0.2, -0.15) is 0 Å². The molecule has 1 rings (SSSR count). The fourth-order valence-corrected chi connectivity index (χ4v) is 3.74. The molecule has 10 heteroatoms. The first kappa shape index (κ1) is 28.7. The van der Waals surface area contributed by atoms with Crippen LogP contribution >= 0.6 is 0 Å². The molecule has 2 atom stereocenters. The van der Waals surface area contributed by atoms with Crippen molar-refractivity contribution < 1.29 is 28.8 Å². The van der Waals surface area contributed by atoms with Crippen molar-refractivity contribution in [3.63, 3.8) is 0 Å². The van der Waals surface area contributed by atoms with Crippen LogP contribution in [0, 0.1) is 5.92 Å². The summed E-state index contributed by atoms with van der Waals surface area (Å²) < 4.78 is 5.30. The van der Waals surface area contributed by atoms with Crippen molar-refractivity contribution in [3.05, 3.63) is 0 Å². The molecule has 33 heavy (non-hydrogen) atoms. The highest BCUT2D eigenvalue weighted by Crippen LogP contribution is 2.28. The number of carbonyl (C=O) groups is 4. The van der Waals surface area contributed by atoms with Crippen molar-refractivity contribution in [1.82, 2.24) is 20.6 Å². The van der Waals surface area contributed by atoms with Crippen molar-refractivity contribution in [1.29, 1.82) is 0 Å². The minimum atomic E-state index is -0.821. The maximum Gasteiger partial charge on any atom is 0.443 e. The molecule has 0 saturated heterocycles. The topological polar surface area (TPSA) is 117 Å². The van der Waals surface area contributed by atoms with Gasteiger partial charge in [-0.25, -0.2) is 9.59 Å². The van der Waals surface area contributed by atoms with Gasteiger partial charge in [-0.1, -0.05) is 0 Å². The van der Waals surface area contributed by atoms with Crippen LogP contribution in [0.3, 0.4) is 0 Å². The standard InChI is InChI=1S/C23H42N4O6/c1-7-26(8-2)21(30)33-27(22(31)32-23(4,5)6)14-11-20(29)25-13-12-24-19-10-9-18(16-19)15-17(3)28/h18-19,24H,7-16H2,1-6H3,(H,25,29)/t18-,19?/m0/s1. The second kappa shape index (κ2) is 14.0. The Bertz CT molecular complexity index is 660. The first-order chi connectivity index (χ1) is 15.4. The lowest BCUT2D eigenvalue weighted by molar-refractivity contribution is -0.128. The van der Waals surface area contributed by atoms with Crippen LogP contribution in [0.1, 0.15) is 73.6 Å². The first-order valence-electron chi connectivity index (χ1n) is 11.9. The number of carbonyl (C=O) groups excluding carboxylic acids is 4. The van der Waals surface area contributed by atoms with E-state index >= 15 is 0 Å². The lowest BCUT2D eigenvalue weighted by atomic mass is 10.0. The van der Waals surface area contributed by atoms with Crippen LogP contribution in [0.2, 0.25) is 0 Å². The van der Waals surface area contributed by atoms with Crippen LogP contribution in [0.5, 0.6) is 0 Å². The van der Waals surface area contributed by atoms with E-state index in [1.807, 2.05) is 0 Å². The fourth-order valence-electron chi connectivity index (χ4n) is 3.74. The molecule has 0 aromatic rings. The average Bonchev–Trinajstić information content (AvgIpc) is 3.14. The molecule has 0 aromatic heterocycles. The van der Waals surface area contributed by atoms with Gasteiger partial charge in [0.05, 0.1) is 6.54 Å². The van der Waals surface area contributed by atoms with Crippen molar-refractivity contribution in [2.24, 2.45) is 5.92 Å². The fraction of sp³-hybridized carbons (Fsp3) is 0.826. The first-order valence-corrected chi connectivity index (χ1v) is 11.9. The summed E-state index contributed by atoms with van der Waals surface area (Å²) >= 11 is 0. The van der Waals surface area contributed by atoms with Crippen LogP contribution in [-0.4, -0.2) is 78.2 Å². The average molecular weight is 471 g/mol. The third kappa shape index (κ3) is 11.9. The Labute approximate surface area is 197 Å². The van der Waals surface area contributed by atoms with Gasteiger partial charge in [0.2, 0.25) is 5.91 Å². The number of ketones is 1. The Hall–Kier alpha value is -2.36. The Balaban J connectivity index is 2.44. The van der Waals surface area contributed by atoms with E-state index < -0.39 is 17.8 Å². The molecule has 2 N–H and O–H groups in total. The summed E-state index contributed by atoms with van der Waals surface area (Å²) in [6.07, 6.45) is 2.19. The molecule has 3 amide bonds. The van der Waals surface area contributed by atoms with Gasteiger partial charge in [-0.3, -0.25) is 4.79 Å². The molecule has 1 saturated carbocycles. The molecular weight excluding hydrogens is 428 g/mol. The van der Waals surface area contributed by atoms with Gasteiger partial charge in [0.15, 0.2) is 0 Å². The quantitative estimate of drug-likeness (QED) is 0.352. The van der Waals surface area contributed by atoms with Crippen molar-refractivity contribution >= 4 is 23.9 Å². The molecule has 1 fully saturated rings. The van der Waals surface area contributed by atoms with E-state index in [1.54, 1.807) is 41.5 Å². The van der Waals surface area contributed by atoms with Crippen LogP contribution in [-0.2, 0) is 19.2 Å². The maximum absolute atomic E-state index is 12.5. The molecular formula is C23H42N4O6. The summed E-state index contributed by atoms with van der Waals surface area (Å²) in [5.41, 5.74) is -0.769. The van der Waals surface area contributed by atoms with E-state index in [9.17, 15) is 19.2 Å². The lowest BCUT2D eigenvalue weighted by Crippen LogP contribution is -2.44. The predicted octanol–water partition coefficient (Wildman–Crippen LogP) is 2.86. The number of nitrogens with one attached hydrogen (secondary N) is 2. The number of Topliss-reactive ketones (excluding diaryl/α,β-unsaturated/α-hetero) is 1. The van der Waals surface area contributed by atoms with E-state index in [2.05, 4.69) is 10.6 Å². The van der Waals surface area contributed by atoms with Gasteiger partial charge >= 0.3 is 12.2 Å². The van der Waals surface area contributed by atoms with Crippen LogP contribution in [0.15, 0.2) is 0 Å². The molecule has 0 heterocycles. The Kier molecular flexibility index (Phi) is 12.2. The van der Waals surface area contributed by atoms with E-state index in [0.29, 0.717) is 44.6 Å². The molecule has 190 valence electrons. The summed E-state index contributed by atoms with van der Waals surface area (Å²) in [6.45, 7) is 12.2. The second-order valence-corrected chi connectivity index (χ2v) is 9.45. The van der Waals surface area contributed by atoms with Crippen molar-refractivity contribution in [2.45, 2.75) is 85.3 Å². The third-order valence-corrected chi connectivity index (χ3v) is 5.35. The number of hydrogen-bond acceptors (Lipinski definition) is 7. The molecule has 1 aliphatic rings. The number of ether oxygens (including phenoxy) is 1. The summed E-state index contributed by atoms with van der Waals surface area (Å²) in [6, 6.07) is 0.369. The predicted molar refractivity (Wildman–Crippen MR) is 124 cm³/mol. The second-order valence-electron chi connectivity index (χ2n) is 9.45. The normalized spacial score (nSPS) is 17.9. The van der Waals surface area contributed by atoms with Crippen LogP contribution in [0.4, 0.5) is 9.59 Å². The Morgan fingerprint density at radius 3 is 2.24 bits per heavy atom. The smallest absolute Gasteiger partial charge is 0.442 e. The largest absolute Gasteiger partial charge is 0.443 e. The summed E-state index contributed by atoms with van der Waals surface area (Å²) in [5, 5.41) is 7.02. The minimum Gasteiger partial charge on any atom is -0.442 e. The zero-order valence-electron chi connectivity index (χ0n) is 21.1. The van der Waals surface area contributed by atoms with E-state index in [4.69, 9.17) is 9.57 Å². The highest BCUT2D eigenvalue weighted by molar-refractivity contribution is 5.77. The molecule has 0 bridgehead atoms. The zero-order valence-corrected chi connectivity index (χ0v) is 21.1. The van der Waals surface area contributed by atoms with E-state index in [0.717, 1.165) is 24.3 Å². The Morgan fingerprint density at radius 1 is 1.00 bits per heavy atom. The number of hydrogen-bond donors (Lipinski definition) is 2. The molecule has 0 aromatic carbocycles.